The Balaban J connectivity index is 1.57. The number of piperidine rings is 1. The Morgan fingerprint density at radius 3 is 2.14 bits per heavy atom. The van der Waals surface area contributed by atoms with Crippen LogP contribution in [0.2, 0.25) is 0 Å². The number of likely N-dealkylation sites (tertiary alicyclic amines) is 1. The Kier molecular flexibility index (Phi) is 9.41. The highest BCUT2D eigenvalue weighted by Gasteiger charge is 2.50. The summed E-state index contributed by atoms with van der Waals surface area (Å²) >= 11 is 5.66. The number of halogens is 7. The van der Waals surface area contributed by atoms with Gasteiger partial charge in [-0.2, -0.15) is 31.1 Å². The third-order valence-corrected chi connectivity index (χ3v) is 8.16. The van der Waals surface area contributed by atoms with Crippen LogP contribution in [0.1, 0.15) is 53.2 Å². The average molecular weight is 639 g/mol. The molecule has 2 aromatic rings. The molecule has 0 aromatic heterocycles. The van der Waals surface area contributed by atoms with Crippen molar-refractivity contribution >= 4 is 24.9 Å². The molecule has 2 fully saturated rings. The van der Waals surface area contributed by atoms with Crippen molar-refractivity contribution in [2.75, 3.05) is 39.8 Å². The molecule has 15 heteroatoms. The fraction of sp³-hybridized carbons (Fsp3) is 0.500. The predicted molar refractivity (Wildman–Crippen MR) is 141 cm³/mol. The molecule has 0 unspecified atom stereocenters. The van der Waals surface area contributed by atoms with E-state index in [2.05, 4.69) is 0 Å². The molecule has 7 nitrogen and oxygen atoms in total. The van der Waals surface area contributed by atoms with E-state index in [0.717, 1.165) is 11.3 Å². The molecule has 3 amide bonds. The van der Waals surface area contributed by atoms with Crippen LogP contribution in [-0.2, 0) is 41.3 Å². The Bertz CT molecular complexity index is 1330. The number of urea groups is 1. The molecule has 0 bridgehead atoms. The molecule has 4 rings (SSSR count). The third kappa shape index (κ3) is 7.44. The number of hydroxylamine groups is 3. The molecular formula is C28H31F7N3O4S+. The zero-order chi connectivity index (χ0) is 31.8. The van der Waals surface area contributed by atoms with Crippen LogP contribution in [0.5, 0.6) is 0 Å². The molecule has 2 aliphatic rings. The van der Waals surface area contributed by atoms with Gasteiger partial charge in [-0.3, -0.25) is 4.90 Å². The van der Waals surface area contributed by atoms with Crippen LogP contribution in [0, 0.1) is 12.7 Å². The number of quaternary nitrogens is 2. The van der Waals surface area contributed by atoms with Crippen molar-refractivity contribution in [3.63, 3.8) is 0 Å². The molecule has 236 valence electrons. The minimum absolute atomic E-state index is 0.0152. The standard InChI is InChI=1S/C28H31F7N3O4S/c1-18-12-22(29)6-7-23(18)24-17-38(43,10-11-41-24)26(40)42-37(8-4-3-5-9-37)25(39)36(2)16-19-13-20(27(30,31)32)15-21(14-19)28(33,34)35/h6-7,12-15,24H,3-5,8-11,16-17H2,1-2H3/q+1/t24-,38-/m0/s1. The minimum Gasteiger partial charge on any atom is -0.481 e. The Morgan fingerprint density at radius 1 is 0.977 bits per heavy atom. The highest BCUT2D eigenvalue weighted by molar-refractivity contribution is 7.52. The fourth-order valence-corrected chi connectivity index (χ4v) is 5.68. The highest BCUT2D eigenvalue weighted by Crippen LogP contribution is 2.37. The first-order chi connectivity index (χ1) is 19.9. The summed E-state index contributed by atoms with van der Waals surface area (Å²) in [6.07, 6.45) is -9.97. The van der Waals surface area contributed by atoms with Gasteiger partial charge in [0.1, 0.15) is 31.6 Å². The number of hydrogen-bond acceptors (Lipinski definition) is 5. The van der Waals surface area contributed by atoms with E-state index < -0.39 is 68.2 Å². The summed E-state index contributed by atoms with van der Waals surface area (Å²) in [5.41, 5.74) is -2.15. The van der Waals surface area contributed by atoms with Gasteiger partial charge in [0.2, 0.25) is 0 Å². The van der Waals surface area contributed by atoms with Gasteiger partial charge < -0.3 is 21.4 Å². The number of rotatable bonds is 3. The van der Waals surface area contributed by atoms with Crippen molar-refractivity contribution in [2.24, 2.45) is 0 Å². The maximum atomic E-state index is 13.7. The predicted octanol–water partition coefficient (Wildman–Crippen LogP) is 6.83. The number of carbonyl (C=O) groups is 2. The van der Waals surface area contributed by atoms with E-state index in [0.29, 0.717) is 36.1 Å². The molecule has 2 saturated heterocycles. The second-order valence-corrected chi connectivity index (χ2v) is 11.7. The molecule has 2 atom stereocenters. The normalized spacial score (nSPS) is 22.6. The summed E-state index contributed by atoms with van der Waals surface area (Å²) in [5.74, 6) is -0.436. The number of carbonyl (C=O) groups excluding carboxylic acids is 2. The zero-order valence-electron chi connectivity index (χ0n) is 23.4. The fourth-order valence-electron chi connectivity index (χ4n) is 5.44. The highest BCUT2D eigenvalue weighted by atomic mass is 32.1. The molecule has 0 N–H and O–H groups in total. The first-order valence-electron chi connectivity index (χ1n) is 13.5. The van der Waals surface area contributed by atoms with Crippen LogP contribution < -0.4 is 0 Å². The van der Waals surface area contributed by atoms with Crippen molar-refractivity contribution in [1.29, 1.82) is 0 Å². The smallest absolute Gasteiger partial charge is 0.481 e. The Morgan fingerprint density at radius 2 is 1.58 bits per heavy atom. The maximum Gasteiger partial charge on any atom is 0.547 e. The number of alkyl halides is 6. The number of aryl methyl sites for hydroxylation is 1. The molecule has 2 aromatic carbocycles. The second kappa shape index (κ2) is 12.3. The number of nitrogens with zero attached hydrogens (tertiary/aromatic N) is 3. The Labute approximate surface area is 249 Å². The van der Waals surface area contributed by atoms with Gasteiger partial charge >= 0.3 is 24.5 Å². The number of benzene rings is 2. The van der Waals surface area contributed by atoms with Crippen LogP contribution in [0.4, 0.5) is 40.3 Å². The van der Waals surface area contributed by atoms with Gasteiger partial charge in [0.15, 0.2) is 0 Å². The quantitative estimate of drug-likeness (QED) is 0.210. The molecule has 2 heterocycles. The van der Waals surface area contributed by atoms with Gasteiger partial charge in [-0.05, 0) is 65.0 Å². The third-order valence-electron chi connectivity index (χ3n) is 7.68. The van der Waals surface area contributed by atoms with Gasteiger partial charge in [-0.1, -0.05) is 6.07 Å². The summed E-state index contributed by atoms with van der Waals surface area (Å²) in [7, 11) is 1.22. The first-order valence-corrected chi connectivity index (χ1v) is 13.9. The van der Waals surface area contributed by atoms with Crippen LogP contribution in [-0.4, -0.2) is 65.4 Å². The largest absolute Gasteiger partial charge is 0.547 e. The summed E-state index contributed by atoms with van der Waals surface area (Å²) in [4.78, 5) is 34.1. The molecule has 2 aliphatic heterocycles. The van der Waals surface area contributed by atoms with Crippen molar-refractivity contribution in [3.8, 4) is 0 Å². The first kappa shape index (κ1) is 33.0. The van der Waals surface area contributed by atoms with E-state index in [1.807, 2.05) is 0 Å². The van der Waals surface area contributed by atoms with E-state index in [1.54, 1.807) is 13.0 Å². The van der Waals surface area contributed by atoms with E-state index in [-0.39, 0.29) is 38.9 Å². The van der Waals surface area contributed by atoms with Crippen LogP contribution >= 0.6 is 0 Å². The van der Waals surface area contributed by atoms with Crippen molar-refractivity contribution in [1.82, 2.24) is 4.90 Å². The molecule has 0 saturated carbocycles. The van der Waals surface area contributed by atoms with Gasteiger partial charge in [-0.25, -0.2) is 14.0 Å². The van der Waals surface area contributed by atoms with E-state index in [4.69, 9.17) is 22.4 Å². The topological polar surface area (TPSA) is 55.8 Å². The van der Waals surface area contributed by atoms with Crippen molar-refractivity contribution in [2.45, 2.75) is 51.2 Å². The number of morpholine rings is 1. The lowest BCUT2D eigenvalue weighted by Crippen LogP contribution is -2.65. The SMILES string of the molecule is Cc1cc(F)ccc1[C@@H]1C[N@+]([S-])(C(=O)O[N+]2(C(=O)N(C)Cc3cc(C(F)(F)F)cc(C(F)(F)F)c3)CCCCC2)CCO1. The Hall–Kier alpha value is -2.88. The van der Waals surface area contributed by atoms with Gasteiger partial charge in [0.05, 0.1) is 30.8 Å². The van der Waals surface area contributed by atoms with Gasteiger partial charge in [-0.15, -0.1) is 0 Å². The van der Waals surface area contributed by atoms with Gasteiger partial charge in [0.25, 0.3) is 0 Å². The molecule has 0 spiro atoms. The maximum absolute atomic E-state index is 13.7. The van der Waals surface area contributed by atoms with Crippen LogP contribution in [0.15, 0.2) is 36.4 Å². The number of amides is 3. The lowest BCUT2D eigenvalue weighted by molar-refractivity contribution is -1.04. The molecule has 0 aliphatic carbocycles. The monoisotopic (exact) mass is 638 g/mol. The summed E-state index contributed by atoms with van der Waals surface area (Å²) in [6.45, 7) is 1.27. The average Bonchev–Trinajstić information content (AvgIpc) is 2.92. The lowest BCUT2D eigenvalue weighted by atomic mass is 10.0. The number of hydrogen-bond donors (Lipinski definition) is 0. The molecular weight excluding hydrogens is 607 g/mol. The zero-order valence-corrected chi connectivity index (χ0v) is 24.3. The summed E-state index contributed by atoms with van der Waals surface area (Å²) < 4.78 is 98.2. The van der Waals surface area contributed by atoms with Gasteiger partial charge in [0, 0.05) is 19.9 Å². The van der Waals surface area contributed by atoms with Crippen molar-refractivity contribution in [3.05, 3.63) is 70.0 Å². The van der Waals surface area contributed by atoms with Crippen molar-refractivity contribution < 1.29 is 58.4 Å². The molecule has 0 radical (unpaired) electrons. The van der Waals surface area contributed by atoms with E-state index in [9.17, 15) is 40.3 Å². The summed E-state index contributed by atoms with van der Waals surface area (Å²) in [6, 6.07) is 4.46. The second-order valence-electron chi connectivity index (χ2n) is 11.0. The van der Waals surface area contributed by atoms with Crippen LogP contribution in [0.25, 0.3) is 0 Å². The minimum atomic E-state index is -5.04. The molecule has 43 heavy (non-hydrogen) atoms. The summed E-state index contributed by atoms with van der Waals surface area (Å²) in [5, 5.41) is 0. The lowest BCUT2D eigenvalue weighted by Gasteiger charge is -2.46. The van der Waals surface area contributed by atoms with E-state index >= 15 is 0 Å². The number of ether oxygens (including phenoxy) is 1. The van der Waals surface area contributed by atoms with Crippen LogP contribution in [0.3, 0.4) is 0 Å². The van der Waals surface area contributed by atoms with E-state index in [1.165, 1.54) is 19.2 Å².